The molecule has 0 aliphatic heterocycles. The highest BCUT2D eigenvalue weighted by molar-refractivity contribution is 9.10. The Balaban J connectivity index is 1.50. The summed E-state index contributed by atoms with van der Waals surface area (Å²) in [6, 6.07) is 39.4. The summed E-state index contributed by atoms with van der Waals surface area (Å²) in [7, 11) is 0. The third-order valence-electron chi connectivity index (χ3n) is 8.81. The summed E-state index contributed by atoms with van der Waals surface area (Å²) in [5.41, 5.74) is 16.5. The second-order valence-corrected chi connectivity index (χ2v) is 11.4. The van der Waals surface area contributed by atoms with Gasteiger partial charge in [0.25, 0.3) is 0 Å². The van der Waals surface area contributed by atoms with Gasteiger partial charge in [0.05, 0.1) is 5.41 Å². The van der Waals surface area contributed by atoms with E-state index < -0.39 is 0 Å². The van der Waals surface area contributed by atoms with Crippen molar-refractivity contribution in [2.75, 3.05) is 0 Å². The molecular formula is C35H25Br. The Labute approximate surface area is 220 Å². The van der Waals surface area contributed by atoms with Crippen molar-refractivity contribution >= 4 is 15.9 Å². The van der Waals surface area contributed by atoms with Crippen LogP contribution in [0.5, 0.6) is 0 Å². The lowest BCUT2D eigenvalue weighted by Crippen LogP contribution is -2.30. The summed E-state index contributed by atoms with van der Waals surface area (Å²) in [6.45, 7) is 0. The monoisotopic (exact) mass is 524 g/mol. The second kappa shape index (κ2) is 7.54. The minimum atomic E-state index is -0.339. The number of aryl methyl sites for hydroxylation is 4. The molecule has 1 heteroatoms. The number of benzene rings is 5. The molecule has 0 bridgehead atoms. The van der Waals surface area contributed by atoms with Crippen LogP contribution >= 0.6 is 15.9 Å². The van der Waals surface area contributed by atoms with Crippen molar-refractivity contribution in [1.29, 1.82) is 0 Å². The lowest BCUT2D eigenvalue weighted by atomic mass is 9.65. The molecule has 0 atom stereocenters. The molecule has 5 aromatic carbocycles. The Hall–Kier alpha value is -3.42. The van der Waals surface area contributed by atoms with Crippen LogP contribution in [0.4, 0.5) is 0 Å². The zero-order valence-corrected chi connectivity index (χ0v) is 21.6. The van der Waals surface area contributed by atoms with Crippen LogP contribution in [0.1, 0.15) is 44.5 Å². The molecule has 0 heterocycles. The van der Waals surface area contributed by atoms with Gasteiger partial charge in [-0.2, -0.15) is 0 Å². The van der Waals surface area contributed by atoms with Gasteiger partial charge < -0.3 is 0 Å². The maximum absolute atomic E-state index is 3.83. The molecule has 0 aromatic heterocycles. The van der Waals surface area contributed by atoms with Gasteiger partial charge in [0, 0.05) is 4.47 Å². The molecule has 0 amide bonds. The maximum atomic E-state index is 3.83. The van der Waals surface area contributed by atoms with Crippen LogP contribution in [-0.4, -0.2) is 0 Å². The van der Waals surface area contributed by atoms with Crippen molar-refractivity contribution in [2.45, 2.75) is 31.1 Å². The fourth-order valence-corrected chi connectivity index (χ4v) is 7.11. The van der Waals surface area contributed by atoms with E-state index in [1.165, 1.54) is 92.4 Å². The predicted octanol–water partition coefficient (Wildman–Crippen LogP) is 8.68. The molecule has 36 heavy (non-hydrogen) atoms. The maximum Gasteiger partial charge on any atom is 0.0714 e. The highest BCUT2D eigenvalue weighted by Crippen LogP contribution is 2.58. The summed E-state index contributed by atoms with van der Waals surface area (Å²) in [4.78, 5) is 0. The summed E-state index contributed by atoms with van der Waals surface area (Å²) < 4.78 is 1.13. The van der Waals surface area contributed by atoms with Crippen molar-refractivity contribution in [3.8, 4) is 22.3 Å². The summed E-state index contributed by atoms with van der Waals surface area (Å²) in [5, 5.41) is 0. The fraction of sp³-hybridized carbons (Fsp3) is 0.143. The van der Waals surface area contributed by atoms with Gasteiger partial charge in [-0.1, -0.05) is 101 Å². The molecular weight excluding hydrogens is 500 g/mol. The van der Waals surface area contributed by atoms with E-state index in [1.807, 2.05) is 0 Å². The van der Waals surface area contributed by atoms with Crippen LogP contribution in [-0.2, 0) is 31.1 Å². The number of halogens is 1. The van der Waals surface area contributed by atoms with E-state index in [0.717, 1.165) is 4.47 Å². The predicted molar refractivity (Wildman–Crippen MR) is 152 cm³/mol. The van der Waals surface area contributed by atoms with Crippen LogP contribution in [0, 0.1) is 0 Å². The molecule has 8 rings (SSSR count). The Bertz CT molecular complexity index is 1640. The Morgan fingerprint density at radius 2 is 1.06 bits per heavy atom. The SMILES string of the molecule is Brc1ccc2c(c1)C(c1ccc3c(c1)CC3)(c1ccc3c(c1)CC3)c1cc(-c3ccccc3)ccc1-2. The molecule has 3 aliphatic carbocycles. The molecule has 0 saturated carbocycles. The van der Waals surface area contributed by atoms with Crippen LogP contribution in [0.15, 0.2) is 108 Å². The van der Waals surface area contributed by atoms with E-state index >= 15 is 0 Å². The highest BCUT2D eigenvalue weighted by Gasteiger charge is 2.47. The van der Waals surface area contributed by atoms with Crippen LogP contribution in [0.25, 0.3) is 22.3 Å². The average Bonchev–Trinajstić information content (AvgIpc) is 3.16. The van der Waals surface area contributed by atoms with Gasteiger partial charge in [-0.05, 0) is 111 Å². The van der Waals surface area contributed by atoms with E-state index in [1.54, 1.807) is 0 Å². The van der Waals surface area contributed by atoms with Crippen LogP contribution in [0.2, 0.25) is 0 Å². The summed E-state index contributed by atoms with van der Waals surface area (Å²) in [5.74, 6) is 0. The molecule has 3 aliphatic rings. The van der Waals surface area contributed by atoms with Crippen molar-refractivity contribution in [3.63, 3.8) is 0 Å². The van der Waals surface area contributed by atoms with Gasteiger partial charge in [0.1, 0.15) is 0 Å². The first-order chi connectivity index (χ1) is 17.7. The molecule has 0 radical (unpaired) electrons. The molecule has 0 spiro atoms. The van der Waals surface area contributed by atoms with Gasteiger partial charge in [0.2, 0.25) is 0 Å². The normalized spacial score (nSPS) is 15.7. The molecule has 0 unspecified atom stereocenters. The molecule has 0 fully saturated rings. The Morgan fingerprint density at radius 3 is 1.64 bits per heavy atom. The number of hydrogen-bond donors (Lipinski definition) is 0. The Morgan fingerprint density at radius 1 is 0.472 bits per heavy atom. The second-order valence-electron chi connectivity index (χ2n) is 10.5. The van der Waals surface area contributed by atoms with Gasteiger partial charge in [0.15, 0.2) is 0 Å². The number of rotatable bonds is 3. The van der Waals surface area contributed by atoms with Crippen molar-refractivity contribution in [2.24, 2.45) is 0 Å². The lowest BCUT2D eigenvalue weighted by molar-refractivity contribution is 0.740. The van der Waals surface area contributed by atoms with E-state index in [9.17, 15) is 0 Å². The number of hydrogen-bond acceptors (Lipinski definition) is 0. The minimum Gasteiger partial charge on any atom is -0.0622 e. The lowest BCUT2D eigenvalue weighted by Gasteiger charge is -2.37. The first-order valence-corrected chi connectivity index (χ1v) is 13.8. The van der Waals surface area contributed by atoms with Crippen LogP contribution in [0.3, 0.4) is 0 Å². The number of fused-ring (bicyclic) bond motifs is 5. The molecule has 172 valence electrons. The summed E-state index contributed by atoms with van der Waals surface area (Å²) in [6.07, 6.45) is 4.79. The summed E-state index contributed by atoms with van der Waals surface area (Å²) >= 11 is 3.83. The first-order valence-electron chi connectivity index (χ1n) is 13.0. The van der Waals surface area contributed by atoms with E-state index in [2.05, 4.69) is 119 Å². The fourth-order valence-electron chi connectivity index (χ4n) is 6.75. The van der Waals surface area contributed by atoms with Crippen molar-refractivity contribution in [3.05, 3.63) is 152 Å². The smallest absolute Gasteiger partial charge is 0.0622 e. The molecule has 0 nitrogen and oxygen atoms in total. The zero-order chi connectivity index (χ0) is 23.9. The largest absolute Gasteiger partial charge is 0.0714 e. The van der Waals surface area contributed by atoms with Crippen molar-refractivity contribution in [1.82, 2.24) is 0 Å². The molecule has 0 saturated heterocycles. The standard InChI is InChI=1S/C35H25Br/c36-30-15-17-32-31-16-12-27(22-4-2-1-3-5-22)20-33(31)35(34(32)21-30,28-13-10-23-6-8-25(23)18-28)29-14-11-24-7-9-26(24)19-29/h1-5,10-21H,6-9H2. The van der Waals surface area contributed by atoms with Gasteiger partial charge in [-0.3, -0.25) is 0 Å². The molecule has 5 aromatic rings. The van der Waals surface area contributed by atoms with Gasteiger partial charge in [-0.15, -0.1) is 0 Å². The van der Waals surface area contributed by atoms with E-state index in [0.29, 0.717) is 0 Å². The highest BCUT2D eigenvalue weighted by atomic mass is 79.9. The zero-order valence-electron chi connectivity index (χ0n) is 20.0. The minimum absolute atomic E-state index is 0.339. The molecule has 0 N–H and O–H groups in total. The Kier molecular flexibility index (Phi) is 4.34. The van der Waals surface area contributed by atoms with Crippen LogP contribution < -0.4 is 0 Å². The topological polar surface area (TPSA) is 0 Å². The van der Waals surface area contributed by atoms with E-state index in [4.69, 9.17) is 0 Å². The first kappa shape index (κ1) is 20.7. The quantitative estimate of drug-likeness (QED) is 0.217. The third-order valence-corrected chi connectivity index (χ3v) is 9.31. The average molecular weight is 525 g/mol. The van der Waals surface area contributed by atoms with Crippen molar-refractivity contribution < 1.29 is 0 Å². The van der Waals surface area contributed by atoms with E-state index in [-0.39, 0.29) is 5.41 Å². The van der Waals surface area contributed by atoms with Gasteiger partial charge in [-0.25, -0.2) is 0 Å². The third kappa shape index (κ3) is 2.75. The van der Waals surface area contributed by atoms with Gasteiger partial charge >= 0.3 is 0 Å².